The molecular weight excluding hydrogens is 332 g/mol. The van der Waals surface area contributed by atoms with Crippen LogP contribution in [0.15, 0.2) is 34.8 Å². The summed E-state index contributed by atoms with van der Waals surface area (Å²) in [6.07, 6.45) is 0. The highest BCUT2D eigenvalue weighted by Crippen LogP contribution is 2.32. The van der Waals surface area contributed by atoms with Gasteiger partial charge in [0.2, 0.25) is 0 Å². The highest BCUT2D eigenvalue weighted by Gasteiger charge is 2.15. The predicted octanol–water partition coefficient (Wildman–Crippen LogP) is 3.91. The van der Waals surface area contributed by atoms with Crippen molar-refractivity contribution in [3.8, 4) is 5.75 Å². The number of carbonyl (C=O) groups excluding carboxylic acids is 1. The van der Waals surface area contributed by atoms with E-state index in [0.29, 0.717) is 22.7 Å². The molecule has 0 fully saturated rings. The minimum absolute atomic E-state index is 0.205. The van der Waals surface area contributed by atoms with E-state index < -0.39 is 0 Å². The van der Waals surface area contributed by atoms with Crippen molar-refractivity contribution in [2.24, 2.45) is 0 Å². The van der Waals surface area contributed by atoms with Gasteiger partial charge in [-0.05, 0) is 49.2 Å². The first kappa shape index (κ1) is 15.4. The van der Waals surface area contributed by atoms with E-state index in [-0.39, 0.29) is 5.91 Å². The van der Waals surface area contributed by atoms with Gasteiger partial charge in [-0.25, -0.2) is 0 Å². The Labute approximate surface area is 132 Å². The van der Waals surface area contributed by atoms with Gasteiger partial charge in [0.25, 0.3) is 5.91 Å². The lowest BCUT2D eigenvalue weighted by Gasteiger charge is -2.15. The molecule has 3 N–H and O–H groups in total. The van der Waals surface area contributed by atoms with Crippen LogP contribution in [0.4, 0.5) is 11.4 Å². The van der Waals surface area contributed by atoms with Crippen molar-refractivity contribution < 1.29 is 9.53 Å². The number of hydrogen-bond acceptors (Lipinski definition) is 3. The Morgan fingerprint density at radius 2 is 2.00 bits per heavy atom. The maximum absolute atomic E-state index is 12.5. The molecule has 0 atom stereocenters. The number of nitrogens with one attached hydrogen (secondary N) is 1. The van der Waals surface area contributed by atoms with Crippen LogP contribution in [0, 0.1) is 13.8 Å². The van der Waals surface area contributed by atoms with Crippen LogP contribution in [0.2, 0.25) is 0 Å². The molecule has 0 saturated heterocycles. The van der Waals surface area contributed by atoms with Crippen molar-refractivity contribution >= 4 is 33.2 Å². The molecule has 21 heavy (non-hydrogen) atoms. The molecule has 4 nitrogen and oxygen atoms in total. The fourth-order valence-electron chi connectivity index (χ4n) is 2.11. The Kier molecular flexibility index (Phi) is 4.53. The molecule has 0 spiro atoms. The van der Waals surface area contributed by atoms with Gasteiger partial charge in [-0.1, -0.05) is 22.0 Å². The molecule has 1 amide bonds. The highest BCUT2D eigenvalue weighted by molar-refractivity contribution is 9.10. The van der Waals surface area contributed by atoms with Gasteiger partial charge >= 0.3 is 0 Å². The SMILES string of the molecule is COc1cc(Br)cc(C)c1NC(=O)c1cccc(N)c1C. The zero-order valence-electron chi connectivity index (χ0n) is 12.2. The summed E-state index contributed by atoms with van der Waals surface area (Å²) >= 11 is 3.41. The Balaban J connectivity index is 2.38. The standard InChI is InChI=1S/C16H17BrN2O2/c1-9-7-11(17)8-14(21-3)15(9)19-16(20)12-5-4-6-13(18)10(12)2/h4-8H,18H2,1-3H3,(H,19,20). The molecule has 0 aromatic heterocycles. The summed E-state index contributed by atoms with van der Waals surface area (Å²) in [4.78, 5) is 12.5. The van der Waals surface area contributed by atoms with Crippen molar-refractivity contribution in [1.29, 1.82) is 0 Å². The molecule has 0 aliphatic rings. The molecule has 0 unspecified atom stereocenters. The van der Waals surface area contributed by atoms with Gasteiger partial charge < -0.3 is 15.8 Å². The summed E-state index contributed by atoms with van der Waals surface area (Å²) in [6.45, 7) is 3.74. The molecule has 0 heterocycles. The summed E-state index contributed by atoms with van der Waals surface area (Å²) in [7, 11) is 1.57. The van der Waals surface area contributed by atoms with E-state index in [2.05, 4.69) is 21.2 Å². The van der Waals surface area contributed by atoms with E-state index in [1.165, 1.54) is 0 Å². The molecule has 110 valence electrons. The van der Waals surface area contributed by atoms with E-state index in [4.69, 9.17) is 10.5 Å². The van der Waals surface area contributed by atoms with Crippen LogP contribution < -0.4 is 15.8 Å². The van der Waals surface area contributed by atoms with E-state index in [0.717, 1.165) is 15.6 Å². The summed E-state index contributed by atoms with van der Waals surface area (Å²) in [6, 6.07) is 9.03. The fourth-order valence-corrected chi connectivity index (χ4v) is 2.67. The second kappa shape index (κ2) is 6.18. The van der Waals surface area contributed by atoms with Crippen LogP contribution in [-0.2, 0) is 0 Å². The fraction of sp³-hybridized carbons (Fsp3) is 0.188. The summed E-state index contributed by atoms with van der Waals surface area (Å²) in [5, 5.41) is 2.90. The Morgan fingerprint density at radius 1 is 1.29 bits per heavy atom. The second-order valence-corrected chi connectivity index (χ2v) is 5.69. The molecule has 2 aromatic rings. The summed E-state index contributed by atoms with van der Waals surface area (Å²) in [5.41, 5.74) is 9.34. The smallest absolute Gasteiger partial charge is 0.256 e. The van der Waals surface area contributed by atoms with Gasteiger partial charge in [-0.2, -0.15) is 0 Å². The van der Waals surface area contributed by atoms with Crippen molar-refractivity contribution in [3.63, 3.8) is 0 Å². The van der Waals surface area contributed by atoms with Gasteiger partial charge in [-0.15, -0.1) is 0 Å². The molecular formula is C16H17BrN2O2. The molecule has 0 saturated carbocycles. The van der Waals surface area contributed by atoms with Crippen LogP contribution in [0.25, 0.3) is 0 Å². The van der Waals surface area contributed by atoms with Crippen molar-refractivity contribution in [3.05, 3.63) is 51.5 Å². The number of hydrogen-bond donors (Lipinski definition) is 2. The first-order valence-electron chi connectivity index (χ1n) is 6.44. The number of nitrogens with two attached hydrogens (primary N) is 1. The molecule has 0 bridgehead atoms. The Bertz CT molecular complexity index is 699. The minimum Gasteiger partial charge on any atom is -0.495 e. The van der Waals surface area contributed by atoms with Crippen LogP contribution in [0.3, 0.4) is 0 Å². The first-order valence-corrected chi connectivity index (χ1v) is 7.24. The molecule has 5 heteroatoms. The van der Waals surface area contributed by atoms with Crippen LogP contribution in [0.1, 0.15) is 21.5 Å². The number of nitrogen functional groups attached to an aromatic ring is 1. The number of anilines is 2. The van der Waals surface area contributed by atoms with E-state index in [1.807, 2.05) is 26.0 Å². The number of carbonyl (C=O) groups is 1. The predicted molar refractivity (Wildman–Crippen MR) is 89.0 cm³/mol. The molecule has 0 aliphatic carbocycles. The average molecular weight is 349 g/mol. The Hall–Kier alpha value is -2.01. The normalized spacial score (nSPS) is 10.3. The van der Waals surface area contributed by atoms with Gasteiger partial charge in [0.15, 0.2) is 0 Å². The average Bonchev–Trinajstić information content (AvgIpc) is 2.44. The lowest BCUT2D eigenvalue weighted by Crippen LogP contribution is -2.15. The molecule has 2 aromatic carbocycles. The maximum Gasteiger partial charge on any atom is 0.256 e. The number of amides is 1. The molecule has 0 radical (unpaired) electrons. The zero-order chi connectivity index (χ0) is 15.6. The quantitative estimate of drug-likeness (QED) is 0.826. The van der Waals surface area contributed by atoms with Crippen molar-refractivity contribution in [2.45, 2.75) is 13.8 Å². The summed E-state index contributed by atoms with van der Waals surface area (Å²) in [5.74, 6) is 0.403. The number of halogens is 1. The number of rotatable bonds is 3. The third-order valence-corrected chi connectivity index (χ3v) is 3.80. The second-order valence-electron chi connectivity index (χ2n) is 4.77. The van der Waals surface area contributed by atoms with E-state index in [9.17, 15) is 4.79 Å². The van der Waals surface area contributed by atoms with Crippen LogP contribution >= 0.6 is 15.9 Å². The van der Waals surface area contributed by atoms with Gasteiger partial charge in [0.1, 0.15) is 5.75 Å². The van der Waals surface area contributed by atoms with Crippen molar-refractivity contribution in [2.75, 3.05) is 18.2 Å². The number of benzene rings is 2. The number of methoxy groups -OCH3 is 1. The minimum atomic E-state index is -0.205. The Morgan fingerprint density at radius 3 is 2.67 bits per heavy atom. The third kappa shape index (κ3) is 3.19. The van der Waals surface area contributed by atoms with Crippen LogP contribution in [0.5, 0.6) is 5.75 Å². The van der Waals surface area contributed by atoms with E-state index >= 15 is 0 Å². The number of ether oxygens (including phenoxy) is 1. The third-order valence-electron chi connectivity index (χ3n) is 3.34. The molecule has 2 rings (SSSR count). The highest BCUT2D eigenvalue weighted by atomic mass is 79.9. The monoisotopic (exact) mass is 348 g/mol. The van der Waals surface area contributed by atoms with Crippen molar-refractivity contribution in [1.82, 2.24) is 0 Å². The molecule has 0 aliphatic heterocycles. The number of aryl methyl sites for hydroxylation is 1. The topological polar surface area (TPSA) is 64.3 Å². The summed E-state index contributed by atoms with van der Waals surface area (Å²) < 4.78 is 6.23. The van der Waals surface area contributed by atoms with E-state index in [1.54, 1.807) is 25.3 Å². The van der Waals surface area contributed by atoms with Gasteiger partial charge in [0, 0.05) is 15.7 Å². The van der Waals surface area contributed by atoms with Gasteiger partial charge in [-0.3, -0.25) is 4.79 Å². The zero-order valence-corrected chi connectivity index (χ0v) is 13.7. The maximum atomic E-state index is 12.5. The lowest BCUT2D eigenvalue weighted by molar-refractivity contribution is 0.102. The largest absolute Gasteiger partial charge is 0.495 e. The van der Waals surface area contributed by atoms with Crippen LogP contribution in [-0.4, -0.2) is 13.0 Å². The van der Waals surface area contributed by atoms with Gasteiger partial charge in [0.05, 0.1) is 12.8 Å². The first-order chi connectivity index (χ1) is 9.93. The lowest BCUT2D eigenvalue weighted by atomic mass is 10.1.